The Morgan fingerprint density at radius 1 is 1.35 bits per heavy atom. The summed E-state index contributed by atoms with van der Waals surface area (Å²) >= 11 is 6.52. The maximum Gasteiger partial charge on any atom is 0.266 e. The van der Waals surface area contributed by atoms with Crippen LogP contribution in [-0.2, 0) is 4.79 Å². The molecule has 0 radical (unpaired) electrons. The summed E-state index contributed by atoms with van der Waals surface area (Å²) < 4.78 is 0.633. The van der Waals surface area contributed by atoms with Crippen molar-refractivity contribution in [2.45, 2.75) is 6.92 Å². The molecule has 1 fully saturated rings. The molecule has 0 unspecified atom stereocenters. The van der Waals surface area contributed by atoms with Crippen molar-refractivity contribution in [3.05, 3.63) is 53.6 Å². The average molecular weight is 304 g/mol. The number of hydrogen-bond acceptors (Lipinski definition) is 4. The highest BCUT2D eigenvalue weighted by molar-refractivity contribution is 8.26. The SMILES string of the molecule is CCN1C(=O)/C(=C/C=C\N(C)c2ccccc2)SC1=S. The first-order chi connectivity index (χ1) is 9.63. The molecule has 0 aromatic heterocycles. The quantitative estimate of drug-likeness (QED) is 0.628. The third-order valence-electron chi connectivity index (χ3n) is 2.91. The molecule has 1 aromatic carbocycles. The predicted octanol–water partition coefficient (Wildman–Crippen LogP) is 3.40. The smallest absolute Gasteiger partial charge is 0.266 e. The summed E-state index contributed by atoms with van der Waals surface area (Å²) in [6.45, 7) is 2.54. The van der Waals surface area contributed by atoms with Gasteiger partial charge in [0.05, 0.1) is 4.91 Å². The van der Waals surface area contributed by atoms with E-state index in [9.17, 15) is 4.79 Å². The van der Waals surface area contributed by atoms with Gasteiger partial charge < -0.3 is 4.90 Å². The molecule has 2 rings (SSSR count). The van der Waals surface area contributed by atoms with Gasteiger partial charge in [0.1, 0.15) is 4.32 Å². The monoisotopic (exact) mass is 304 g/mol. The summed E-state index contributed by atoms with van der Waals surface area (Å²) in [6.07, 6.45) is 5.61. The molecular weight excluding hydrogens is 288 g/mol. The van der Waals surface area contributed by atoms with Gasteiger partial charge in [-0.25, -0.2) is 0 Å². The zero-order valence-corrected chi connectivity index (χ0v) is 13.1. The second-order valence-corrected chi connectivity index (χ2v) is 5.91. The minimum Gasteiger partial charge on any atom is -0.351 e. The van der Waals surface area contributed by atoms with Crippen LogP contribution in [0, 0.1) is 0 Å². The number of para-hydroxylation sites is 1. The Balaban J connectivity index is 2.05. The molecule has 0 atom stereocenters. The number of thioether (sulfide) groups is 1. The molecule has 1 aliphatic rings. The van der Waals surface area contributed by atoms with Crippen LogP contribution in [0.5, 0.6) is 0 Å². The maximum absolute atomic E-state index is 12.0. The van der Waals surface area contributed by atoms with Crippen molar-refractivity contribution in [2.75, 3.05) is 18.5 Å². The molecule has 1 aliphatic heterocycles. The number of rotatable bonds is 4. The topological polar surface area (TPSA) is 23.6 Å². The highest BCUT2D eigenvalue weighted by atomic mass is 32.2. The van der Waals surface area contributed by atoms with Gasteiger partial charge in [-0.1, -0.05) is 42.2 Å². The summed E-state index contributed by atoms with van der Waals surface area (Å²) in [6, 6.07) is 10.0. The van der Waals surface area contributed by atoms with Gasteiger partial charge in [0.2, 0.25) is 0 Å². The van der Waals surface area contributed by atoms with Crippen molar-refractivity contribution >= 4 is 39.9 Å². The van der Waals surface area contributed by atoms with Crippen LogP contribution in [0.15, 0.2) is 53.6 Å². The summed E-state index contributed by atoms with van der Waals surface area (Å²) in [7, 11) is 1.97. The Morgan fingerprint density at radius 3 is 2.65 bits per heavy atom. The molecule has 1 aromatic rings. The summed E-state index contributed by atoms with van der Waals surface area (Å²) in [5.74, 6) is -0.00508. The van der Waals surface area contributed by atoms with Gasteiger partial charge in [0.15, 0.2) is 0 Å². The molecule has 104 valence electrons. The molecule has 0 saturated carbocycles. The van der Waals surface area contributed by atoms with Gasteiger partial charge >= 0.3 is 0 Å². The molecule has 20 heavy (non-hydrogen) atoms. The molecule has 0 aliphatic carbocycles. The number of amides is 1. The van der Waals surface area contributed by atoms with Crippen molar-refractivity contribution in [2.24, 2.45) is 0 Å². The highest BCUT2D eigenvalue weighted by Gasteiger charge is 2.29. The molecule has 0 N–H and O–H groups in total. The van der Waals surface area contributed by atoms with E-state index in [1.807, 2.05) is 67.6 Å². The second-order valence-electron chi connectivity index (χ2n) is 4.24. The van der Waals surface area contributed by atoms with E-state index in [4.69, 9.17) is 12.2 Å². The van der Waals surface area contributed by atoms with E-state index >= 15 is 0 Å². The number of nitrogens with zero attached hydrogens (tertiary/aromatic N) is 2. The number of carbonyl (C=O) groups is 1. The number of likely N-dealkylation sites (N-methyl/N-ethyl adjacent to an activating group) is 1. The average Bonchev–Trinajstić information content (AvgIpc) is 2.74. The normalized spacial score (nSPS) is 17.5. The molecule has 1 saturated heterocycles. The lowest BCUT2D eigenvalue weighted by Crippen LogP contribution is -2.27. The Kier molecular flexibility index (Phi) is 4.98. The Morgan fingerprint density at radius 2 is 2.05 bits per heavy atom. The highest BCUT2D eigenvalue weighted by Crippen LogP contribution is 2.30. The van der Waals surface area contributed by atoms with Crippen molar-refractivity contribution in [1.82, 2.24) is 4.90 Å². The van der Waals surface area contributed by atoms with Gasteiger partial charge in [-0.3, -0.25) is 9.69 Å². The first kappa shape index (κ1) is 14.8. The number of anilines is 1. The summed E-state index contributed by atoms with van der Waals surface area (Å²) in [5.41, 5.74) is 1.10. The van der Waals surface area contributed by atoms with Crippen LogP contribution in [0.4, 0.5) is 5.69 Å². The lowest BCUT2D eigenvalue weighted by molar-refractivity contribution is -0.122. The van der Waals surface area contributed by atoms with E-state index in [2.05, 4.69) is 0 Å². The Labute approximate surface area is 128 Å². The van der Waals surface area contributed by atoms with Gasteiger partial charge in [-0.2, -0.15) is 0 Å². The number of hydrogen-bond donors (Lipinski definition) is 0. The molecular formula is C15H16N2OS2. The zero-order chi connectivity index (χ0) is 14.5. The van der Waals surface area contributed by atoms with Crippen LogP contribution in [0.1, 0.15) is 6.92 Å². The summed E-state index contributed by atoms with van der Waals surface area (Å²) in [4.78, 5) is 16.3. The lowest BCUT2D eigenvalue weighted by atomic mass is 10.3. The van der Waals surface area contributed by atoms with E-state index in [0.29, 0.717) is 15.8 Å². The molecule has 0 bridgehead atoms. The van der Waals surface area contributed by atoms with Crippen LogP contribution >= 0.6 is 24.0 Å². The van der Waals surface area contributed by atoms with Gasteiger partial charge in [0.25, 0.3) is 5.91 Å². The lowest BCUT2D eigenvalue weighted by Gasteiger charge is -2.12. The van der Waals surface area contributed by atoms with E-state index in [0.717, 1.165) is 5.69 Å². The van der Waals surface area contributed by atoms with Crippen LogP contribution in [0.2, 0.25) is 0 Å². The van der Waals surface area contributed by atoms with E-state index < -0.39 is 0 Å². The first-order valence-corrected chi connectivity index (χ1v) is 7.56. The van der Waals surface area contributed by atoms with Crippen molar-refractivity contribution in [3.8, 4) is 0 Å². The largest absolute Gasteiger partial charge is 0.351 e. The fourth-order valence-corrected chi connectivity index (χ4v) is 3.13. The van der Waals surface area contributed by atoms with Crippen LogP contribution in [-0.4, -0.2) is 28.7 Å². The van der Waals surface area contributed by atoms with Crippen molar-refractivity contribution in [1.29, 1.82) is 0 Å². The van der Waals surface area contributed by atoms with E-state index in [1.54, 1.807) is 4.90 Å². The minimum atomic E-state index is -0.00508. The second kappa shape index (κ2) is 6.72. The van der Waals surface area contributed by atoms with Gasteiger partial charge in [-0.15, -0.1) is 0 Å². The minimum absolute atomic E-state index is 0.00508. The number of benzene rings is 1. The zero-order valence-electron chi connectivity index (χ0n) is 11.4. The number of allylic oxidation sites excluding steroid dienone is 2. The number of thiocarbonyl (C=S) groups is 1. The fraction of sp³-hybridized carbons (Fsp3) is 0.200. The van der Waals surface area contributed by atoms with Crippen molar-refractivity contribution in [3.63, 3.8) is 0 Å². The maximum atomic E-state index is 12.0. The van der Waals surface area contributed by atoms with Crippen LogP contribution in [0.25, 0.3) is 0 Å². The molecule has 3 nitrogen and oxygen atoms in total. The molecule has 0 spiro atoms. The predicted molar refractivity (Wildman–Crippen MR) is 89.6 cm³/mol. The van der Waals surface area contributed by atoms with E-state index in [1.165, 1.54) is 11.8 Å². The molecule has 1 heterocycles. The van der Waals surface area contributed by atoms with Gasteiger partial charge in [-0.05, 0) is 31.2 Å². The van der Waals surface area contributed by atoms with Gasteiger partial charge in [0, 0.05) is 25.5 Å². The number of carbonyl (C=O) groups excluding carboxylic acids is 1. The van der Waals surface area contributed by atoms with Crippen LogP contribution < -0.4 is 4.90 Å². The standard InChI is InChI=1S/C15H16N2OS2/c1-3-17-14(18)13(20-15(17)19)10-7-11-16(2)12-8-5-4-6-9-12/h4-11H,3H2,1-2H3/b11-7-,13-10-. The Bertz CT molecular complexity index is 566. The van der Waals surface area contributed by atoms with Crippen LogP contribution in [0.3, 0.4) is 0 Å². The molecule has 1 amide bonds. The fourth-order valence-electron chi connectivity index (χ4n) is 1.80. The first-order valence-electron chi connectivity index (χ1n) is 6.33. The third-order valence-corrected chi connectivity index (χ3v) is 4.31. The molecule has 5 heteroatoms. The third kappa shape index (κ3) is 3.29. The Hall–Kier alpha value is -1.59. The van der Waals surface area contributed by atoms with Crippen molar-refractivity contribution < 1.29 is 4.79 Å². The summed E-state index contributed by atoms with van der Waals surface area (Å²) in [5, 5.41) is 0. The van der Waals surface area contributed by atoms with E-state index in [-0.39, 0.29) is 5.91 Å².